The molecule has 0 amide bonds. The van der Waals surface area contributed by atoms with Crippen molar-refractivity contribution >= 4 is 17.5 Å². The number of Topliss-reactive ketones (excluding diaryl/α,β-unsaturated/α-hetero) is 1. The van der Waals surface area contributed by atoms with Gasteiger partial charge in [0.25, 0.3) is 0 Å². The highest BCUT2D eigenvalue weighted by molar-refractivity contribution is 7.99. The standard InChI is InChI=1S/C31H29NO2S/c1-22-11-13-25(14-12-22)30(33)21-35-31-19-28(27-9-5-6-10-29(27)32-31)24-15-17-26(18-16-24)34-20-23-7-3-2-4-8-23/h2-4,7-8,11-19H,5-6,9-10,20-21H2,1H3. The Bertz CT molecular complexity index is 1300. The van der Waals surface area contributed by atoms with Crippen molar-refractivity contribution in [2.24, 2.45) is 0 Å². The van der Waals surface area contributed by atoms with Crippen LogP contribution in [-0.2, 0) is 19.4 Å². The third-order valence-corrected chi connectivity index (χ3v) is 7.33. The van der Waals surface area contributed by atoms with Gasteiger partial charge in [-0.3, -0.25) is 4.79 Å². The van der Waals surface area contributed by atoms with Gasteiger partial charge in [-0.1, -0.05) is 84.1 Å². The van der Waals surface area contributed by atoms with Crippen LogP contribution in [0.15, 0.2) is 90.0 Å². The monoisotopic (exact) mass is 479 g/mol. The first-order chi connectivity index (χ1) is 17.2. The highest BCUT2D eigenvalue weighted by atomic mass is 32.2. The summed E-state index contributed by atoms with van der Waals surface area (Å²) in [6, 6.07) is 28.5. The van der Waals surface area contributed by atoms with Gasteiger partial charge in [-0.25, -0.2) is 4.98 Å². The van der Waals surface area contributed by atoms with E-state index in [1.54, 1.807) is 0 Å². The lowest BCUT2D eigenvalue weighted by molar-refractivity contribution is 0.102. The van der Waals surface area contributed by atoms with Gasteiger partial charge in [0.2, 0.25) is 0 Å². The molecule has 1 aliphatic rings. The Kier molecular flexibility index (Phi) is 7.29. The van der Waals surface area contributed by atoms with Crippen LogP contribution in [-0.4, -0.2) is 16.5 Å². The first-order valence-electron chi connectivity index (χ1n) is 12.2. The van der Waals surface area contributed by atoms with Crippen LogP contribution in [0, 0.1) is 6.92 Å². The van der Waals surface area contributed by atoms with Gasteiger partial charge in [-0.15, -0.1) is 0 Å². The maximum atomic E-state index is 12.7. The second-order valence-electron chi connectivity index (χ2n) is 9.02. The predicted octanol–water partition coefficient (Wildman–Crippen LogP) is 7.49. The predicted molar refractivity (Wildman–Crippen MR) is 143 cm³/mol. The SMILES string of the molecule is Cc1ccc(C(=O)CSc2cc(-c3ccc(OCc4ccccc4)cc3)c3c(n2)CCCC3)cc1. The minimum absolute atomic E-state index is 0.135. The van der Waals surface area contributed by atoms with Crippen LogP contribution in [0.3, 0.4) is 0 Å². The van der Waals surface area contributed by atoms with Crippen molar-refractivity contribution in [3.63, 3.8) is 0 Å². The fourth-order valence-electron chi connectivity index (χ4n) is 4.44. The molecule has 3 aromatic carbocycles. The van der Waals surface area contributed by atoms with Crippen LogP contribution in [0.2, 0.25) is 0 Å². The zero-order chi connectivity index (χ0) is 24.0. The van der Waals surface area contributed by atoms with Crippen molar-refractivity contribution in [3.05, 3.63) is 113 Å². The van der Waals surface area contributed by atoms with Crippen LogP contribution in [0.5, 0.6) is 5.75 Å². The summed E-state index contributed by atoms with van der Waals surface area (Å²) in [4.78, 5) is 17.7. The molecule has 0 unspecified atom stereocenters. The highest BCUT2D eigenvalue weighted by Crippen LogP contribution is 2.35. The quantitative estimate of drug-likeness (QED) is 0.194. The third-order valence-electron chi connectivity index (χ3n) is 6.42. The molecule has 1 heterocycles. The van der Waals surface area contributed by atoms with E-state index in [9.17, 15) is 4.79 Å². The molecule has 1 aliphatic carbocycles. The fourth-order valence-corrected chi connectivity index (χ4v) is 5.27. The molecule has 1 aromatic heterocycles. The largest absolute Gasteiger partial charge is 0.489 e. The number of nitrogens with zero attached hydrogens (tertiary/aromatic N) is 1. The Morgan fingerprint density at radius 2 is 1.66 bits per heavy atom. The fraction of sp³-hybridized carbons (Fsp3) is 0.226. The molecule has 0 fully saturated rings. The number of ketones is 1. The highest BCUT2D eigenvalue weighted by Gasteiger charge is 2.18. The molecule has 35 heavy (non-hydrogen) atoms. The molecule has 0 aliphatic heterocycles. The van der Waals surface area contributed by atoms with Crippen molar-refractivity contribution in [1.82, 2.24) is 4.98 Å². The molecule has 0 spiro atoms. The maximum Gasteiger partial charge on any atom is 0.173 e. The number of aryl methyl sites for hydroxylation is 2. The van der Waals surface area contributed by atoms with Gasteiger partial charge >= 0.3 is 0 Å². The maximum absolute atomic E-state index is 12.7. The number of pyridine rings is 1. The summed E-state index contributed by atoms with van der Waals surface area (Å²) in [7, 11) is 0. The molecule has 0 atom stereocenters. The number of hydrogen-bond acceptors (Lipinski definition) is 4. The number of fused-ring (bicyclic) bond motifs is 1. The number of carbonyl (C=O) groups excluding carboxylic acids is 1. The van der Waals surface area contributed by atoms with Crippen LogP contribution in [0.4, 0.5) is 0 Å². The van der Waals surface area contributed by atoms with E-state index in [0.29, 0.717) is 12.4 Å². The number of benzene rings is 3. The number of aromatic nitrogens is 1. The minimum Gasteiger partial charge on any atom is -0.489 e. The van der Waals surface area contributed by atoms with Crippen LogP contribution in [0.25, 0.3) is 11.1 Å². The number of carbonyl (C=O) groups is 1. The molecule has 0 saturated carbocycles. The Morgan fingerprint density at radius 1 is 0.914 bits per heavy atom. The first kappa shape index (κ1) is 23.4. The molecule has 5 rings (SSSR count). The summed E-state index contributed by atoms with van der Waals surface area (Å²) in [5.41, 5.74) is 8.01. The Labute approximate surface area is 211 Å². The van der Waals surface area contributed by atoms with Crippen molar-refractivity contribution in [2.75, 3.05) is 5.75 Å². The summed E-state index contributed by atoms with van der Waals surface area (Å²) >= 11 is 1.53. The van der Waals surface area contributed by atoms with E-state index < -0.39 is 0 Å². The van der Waals surface area contributed by atoms with Crippen LogP contribution in [0.1, 0.15) is 45.6 Å². The zero-order valence-corrected chi connectivity index (χ0v) is 20.8. The number of ether oxygens (including phenoxy) is 1. The lowest BCUT2D eigenvalue weighted by atomic mass is 9.89. The average molecular weight is 480 g/mol. The van der Waals surface area contributed by atoms with Crippen molar-refractivity contribution in [1.29, 1.82) is 0 Å². The van der Waals surface area contributed by atoms with E-state index >= 15 is 0 Å². The minimum atomic E-state index is 0.135. The molecule has 0 N–H and O–H groups in total. The van der Waals surface area contributed by atoms with E-state index in [4.69, 9.17) is 9.72 Å². The van der Waals surface area contributed by atoms with E-state index in [1.165, 1.54) is 47.0 Å². The lowest BCUT2D eigenvalue weighted by Gasteiger charge is -2.20. The number of rotatable bonds is 8. The second kappa shape index (κ2) is 10.9. The Morgan fingerprint density at radius 3 is 2.43 bits per heavy atom. The van der Waals surface area contributed by atoms with E-state index in [0.717, 1.165) is 40.3 Å². The molecule has 176 valence electrons. The Hall–Kier alpha value is -3.37. The van der Waals surface area contributed by atoms with Crippen LogP contribution < -0.4 is 4.74 Å². The second-order valence-corrected chi connectivity index (χ2v) is 10.0. The smallest absolute Gasteiger partial charge is 0.173 e. The van der Waals surface area contributed by atoms with Gasteiger partial charge in [-0.2, -0.15) is 0 Å². The molecule has 4 heteroatoms. The zero-order valence-electron chi connectivity index (χ0n) is 20.0. The normalized spacial score (nSPS) is 12.7. The van der Waals surface area contributed by atoms with E-state index in [-0.39, 0.29) is 5.78 Å². The van der Waals surface area contributed by atoms with E-state index in [2.05, 4.69) is 30.3 Å². The Balaban J connectivity index is 1.33. The summed E-state index contributed by atoms with van der Waals surface area (Å²) in [5, 5.41) is 0.922. The molecular formula is C31H29NO2S. The average Bonchev–Trinajstić information content (AvgIpc) is 2.91. The van der Waals surface area contributed by atoms with Gasteiger partial charge in [0.05, 0.1) is 10.8 Å². The summed E-state index contributed by atoms with van der Waals surface area (Å²) < 4.78 is 5.98. The third kappa shape index (κ3) is 5.83. The van der Waals surface area contributed by atoms with Crippen molar-refractivity contribution < 1.29 is 9.53 Å². The van der Waals surface area contributed by atoms with Crippen molar-refractivity contribution in [2.45, 2.75) is 44.2 Å². The summed E-state index contributed by atoms with van der Waals surface area (Å²) in [6.07, 6.45) is 4.42. The molecule has 0 radical (unpaired) electrons. The first-order valence-corrected chi connectivity index (χ1v) is 13.2. The van der Waals surface area contributed by atoms with Gasteiger partial charge in [0, 0.05) is 11.3 Å². The molecule has 0 saturated heterocycles. The molecule has 3 nitrogen and oxygen atoms in total. The number of hydrogen-bond donors (Lipinski definition) is 0. The van der Waals surface area contributed by atoms with Gasteiger partial charge in [0.1, 0.15) is 12.4 Å². The van der Waals surface area contributed by atoms with E-state index in [1.807, 2.05) is 61.5 Å². The molecule has 4 aromatic rings. The summed E-state index contributed by atoms with van der Waals surface area (Å²) in [6.45, 7) is 2.59. The lowest BCUT2D eigenvalue weighted by Crippen LogP contribution is -2.09. The van der Waals surface area contributed by atoms with Crippen LogP contribution >= 0.6 is 11.8 Å². The molecular weight excluding hydrogens is 450 g/mol. The molecule has 0 bridgehead atoms. The summed E-state index contributed by atoms with van der Waals surface area (Å²) in [5.74, 6) is 1.38. The van der Waals surface area contributed by atoms with Crippen molar-refractivity contribution in [3.8, 4) is 16.9 Å². The van der Waals surface area contributed by atoms with Gasteiger partial charge in [-0.05, 0) is 73.1 Å². The topological polar surface area (TPSA) is 39.2 Å². The van der Waals surface area contributed by atoms with Gasteiger partial charge < -0.3 is 4.74 Å². The van der Waals surface area contributed by atoms with Gasteiger partial charge in [0.15, 0.2) is 5.78 Å². The number of thioether (sulfide) groups is 1.